The SMILES string of the molecule is Cc1ccc(C(C)(O)CNc2ccnc3ccc(Cl)cc23)o1. The second-order valence-corrected chi connectivity index (χ2v) is 5.99. The molecule has 2 heterocycles. The third kappa shape index (κ3) is 2.93. The number of aryl methyl sites for hydroxylation is 1. The number of nitrogens with zero attached hydrogens (tertiary/aromatic N) is 1. The maximum Gasteiger partial charge on any atom is 0.137 e. The zero-order chi connectivity index (χ0) is 15.7. The van der Waals surface area contributed by atoms with Gasteiger partial charge < -0.3 is 14.8 Å². The minimum absolute atomic E-state index is 0.311. The molecule has 0 spiro atoms. The van der Waals surface area contributed by atoms with Crippen molar-refractivity contribution in [3.8, 4) is 0 Å². The van der Waals surface area contributed by atoms with Crippen LogP contribution in [0.5, 0.6) is 0 Å². The first-order valence-electron chi connectivity index (χ1n) is 7.03. The lowest BCUT2D eigenvalue weighted by Gasteiger charge is -2.22. The standard InChI is InChI=1S/C17H17ClN2O2/c1-11-3-6-16(22-11)17(2,21)10-20-15-7-8-19-14-5-4-12(18)9-13(14)15/h3-9,21H,10H2,1-2H3,(H,19,20). The van der Waals surface area contributed by atoms with Crippen LogP contribution in [0.15, 0.2) is 47.0 Å². The number of anilines is 1. The van der Waals surface area contributed by atoms with Crippen molar-refractivity contribution in [1.82, 2.24) is 4.98 Å². The maximum absolute atomic E-state index is 10.6. The predicted molar refractivity (Wildman–Crippen MR) is 88.3 cm³/mol. The molecule has 3 aromatic rings. The molecule has 0 fully saturated rings. The zero-order valence-corrected chi connectivity index (χ0v) is 13.2. The number of aromatic nitrogens is 1. The molecule has 2 N–H and O–H groups in total. The fourth-order valence-electron chi connectivity index (χ4n) is 2.35. The number of benzene rings is 1. The van der Waals surface area contributed by atoms with Gasteiger partial charge in [-0.3, -0.25) is 4.98 Å². The number of pyridine rings is 1. The lowest BCUT2D eigenvalue weighted by Crippen LogP contribution is -2.30. The Morgan fingerprint density at radius 3 is 2.82 bits per heavy atom. The van der Waals surface area contributed by atoms with Gasteiger partial charge in [0, 0.05) is 22.3 Å². The summed E-state index contributed by atoms with van der Waals surface area (Å²) in [6.45, 7) is 3.88. The number of halogens is 1. The van der Waals surface area contributed by atoms with E-state index < -0.39 is 5.60 Å². The molecule has 0 radical (unpaired) electrons. The molecule has 0 bridgehead atoms. The zero-order valence-electron chi connectivity index (χ0n) is 12.4. The minimum atomic E-state index is -1.11. The van der Waals surface area contributed by atoms with Crippen molar-refractivity contribution in [2.75, 3.05) is 11.9 Å². The first-order chi connectivity index (χ1) is 10.5. The summed E-state index contributed by atoms with van der Waals surface area (Å²) in [5.74, 6) is 1.31. The van der Waals surface area contributed by atoms with Gasteiger partial charge in [-0.05, 0) is 50.2 Å². The van der Waals surface area contributed by atoms with Crippen molar-refractivity contribution >= 4 is 28.2 Å². The van der Waals surface area contributed by atoms with E-state index in [9.17, 15) is 5.11 Å². The van der Waals surface area contributed by atoms with Crippen LogP contribution in [-0.4, -0.2) is 16.6 Å². The van der Waals surface area contributed by atoms with E-state index in [1.54, 1.807) is 19.2 Å². The molecule has 0 saturated heterocycles. The normalized spacial score (nSPS) is 14.0. The van der Waals surface area contributed by atoms with Gasteiger partial charge in [0.1, 0.15) is 17.1 Å². The Hall–Kier alpha value is -2.04. The van der Waals surface area contributed by atoms with Gasteiger partial charge in [-0.15, -0.1) is 0 Å². The van der Waals surface area contributed by atoms with Gasteiger partial charge in [0.2, 0.25) is 0 Å². The topological polar surface area (TPSA) is 58.3 Å². The van der Waals surface area contributed by atoms with Crippen molar-refractivity contribution in [2.45, 2.75) is 19.4 Å². The van der Waals surface area contributed by atoms with E-state index in [1.807, 2.05) is 37.3 Å². The van der Waals surface area contributed by atoms with E-state index in [0.29, 0.717) is 17.3 Å². The third-order valence-corrected chi connectivity index (χ3v) is 3.83. The van der Waals surface area contributed by atoms with E-state index in [-0.39, 0.29) is 0 Å². The van der Waals surface area contributed by atoms with Crippen molar-refractivity contribution in [2.24, 2.45) is 0 Å². The van der Waals surface area contributed by atoms with E-state index in [4.69, 9.17) is 16.0 Å². The van der Waals surface area contributed by atoms with Crippen LogP contribution in [0.25, 0.3) is 10.9 Å². The molecule has 0 aliphatic rings. The van der Waals surface area contributed by atoms with Crippen molar-refractivity contribution < 1.29 is 9.52 Å². The summed E-state index contributed by atoms with van der Waals surface area (Å²) in [6.07, 6.45) is 1.73. The highest BCUT2D eigenvalue weighted by Crippen LogP contribution is 2.27. The molecule has 0 saturated carbocycles. The number of hydrogen-bond acceptors (Lipinski definition) is 4. The smallest absolute Gasteiger partial charge is 0.137 e. The third-order valence-electron chi connectivity index (χ3n) is 3.60. The van der Waals surface area contributed by atoms with Crippen LogP contribution in [0, 0.1) is 6.92 Å². The highest BCUT2D eigenvalue weighted by atomic mass is 35.5. The lowest BCUT2D eigenvalue weighted by atomic mass is 10.0. The number of hydrogen-bond donors (Lipinski definition) is 2. The molecule has 0 amide bonds. The first-order valence-corrected chi connectivity index (χ1v) is 7.41. The average molecular weight is 317 g/mol. The van der Waals surface area contributed by atoms with E-state index >= 15 is 0 Å². The molecule has 1 atom stereocenters. The van der Waals surface area contributed by atoms with Crippen LogP contribution in [0.1, 0.15) is 18.4 Å². The summed E-state index contributed by atoms with van der Waals surface area (Å²) in [5, 5.41) is 15.4. The molecule has 1 aromatic carbocycles. The predicted octanol–water partition coefficient (Wildman–Crippen LogP) is 4.11. The van der Waals surface area contributed by atoms with Gasteiger partial charge in [0.25, 0.3) is 0 Å². The molecular formula is C17H17ClN2O2. The highest BCUT2D eigenvalue weighted by molar-refractivity contribution is 6.31. The van der Waals surface area contributed by atoms with Crippen molar-refractivity contribution in [1.29, 1.82) is 0 Å². The maximum atomic E-state index is 10.6. The molecule has 22 heavy (non-hydrogen) atoms. The molecule has 3 rings (SSSR count). The number of furan rings is 1. The summed E-state index contributed by atoms with van der Waals surface area (Å²) in [5.41, 5.74) is 0.613. The molecular weight excluding hydrogens is 300 g/mol. The Morgan fingerprint density at radius 2 is 2.09 bits per heavy atom. The number of rotatable bonds is 4. The Bertz CT molecular complexity index is 811. The quantitative estimate of drug-likeness (QED) is 0.760. The van der Waals surface area contributed by atoms with Gasteiger partial charge in [0.05, 0.1) is 12.1 Å². The second-order valence-electron chi connectivity index (χ2n) is 5.56. The Labute approximate surface area is 133 Å². The van der Waals surface area contributed by atoms with Gasteiger partial charge >= 0.3 is 0 Å². The fourth-order valence-corrected chi connectivity index (χ4v) is 2.52. The van der Waals surface area contributed by atoms with Gasteiger partial charge in [-0.1, -0.05) is 11.6 Å². The molecule has 2 aromatic heterocycles. The monoisotopic (exact) mass is 316 g/mol. The molecule has 1 unspecified atom stereocenters. The van der Waals surface area contributed by atoms with E-state index in [2.05, 4.69) is 10.3 Å². The Balaban J connectivity index is 1.86. The van der Waals surface area contributed by atoms with Crippen LogP contribution in [0.2, 0.25) is 5.02 Å². The van der Waals surface area contributed by atoms with Gasteiger partial charge in [0.15, 0.2) is 0 Å². The minimum Gasteiger partial charge on any atom is -0.463 e. The van der Waals surface area contributed by atoms with Crippen LogP contribution < -0.4 is 5.32 Å². The van der Waals surface area contributed by atoms with E-state index in [1.165, 1.54) is 0 Å². The van der Waals surface area contributed by atoms with Crippen LogP contribution in [-0.2, 0) is 5.60 Å². The molecule has 0 aliphatic heterocycles. The van der Waals surface area contributed by atoms with Gasteiger partial charge in [-0.2, -0.15) is 0 Å². The number of nitrogens with one attached hydrogen (secondary N) is 1. The van der Waals surface area contributed by atoms with Crippen molar-refractivity contribution in [3.05, 3.63) is 59.1 Å². The van der Waals surface area contributed by atoms with E-state index in [0.717, 1.165) is 22.4 Å². The molecule has 0 aliphatic carbocycles. The Morgan fingerprint density at radius 1 is 1.27 bits per heavy atom. The first kappa shape index (κ1) is 14.9. The van der Waals surface area contributed by atoms with Gasteiger partial charge in [-0.25, -0.2) is 0 Å². The van der Waals surface area contributed by atoms with Crippen LogP contribution in [0.4, 0.5) is 5.69 Å². The number of fused-ring (bicyclic) bond motifs is 1. The lowest BCUT2D eigenvalue weighted by molar-refractivity contribution is 0.0468. The summed E-state index contributed by atoms with van der Waals surface area (Å²) < 4.78 is 5.52. The molecule has 4 nitrogen and oxygen atoms in total. The van der Waals surface area contributed by atoms with Crippen LogP contribution in [0.3, 0.4) is 0 Å². The van der Waals surface area contributed by atoms with Crippen LogP contribution >= 0.6 is 11.6 Å². The second kappa shape index (κ2) is 5.63. The molecule has 114 valence electrons. The van der Waals surface area contributed by atoms with Crippen molar-refractivity contribution in [3.63, 3.8) is 0 Å². The average Bonchev–Trinajstić information content (AvgIpc) is 2.92. The summed E-state index contributed by atoms with van der Waals surface area (Å²) in [7, 11) is 0. The molecule has 5 heteroatoms. The fraction of sp³-hybridized carbons (Fsp3) is 0.235. The summed E-state index contributed by atoms with van der Waals surface area (Å²) >= 11 is 6.06. The largest absolute Gasteiger partial charge is 0.463 e. The Kier molecular flexibility index (Phi) is 3.81. The summed E-state index contributed by atoms with van der Waals surface area (Å²) in [4.78, 5) is 4.31. The summed E-state index contributed by atoms with van der Waals surface area (Å²) in [6, 6.07) is 11.0. The highest BCUT2D eigenvalue weighted by Gasteiger charge is 2.26. The number of aliphatic hydroxyl groups is 1.